The van der Waals surface area contributed by atoms with Crippen molar-refractivity contribution >= 4 is 98.8 Å². The van der Waals surface area contributed by atoms with Crippen molar-refractivity contribution in [3.63, 3.8) is 0 Å². The van der Waals surface area contributed by atoms with E-state index < -0.39 is 0 Å². The van der Waals surface area contributed by atoms with Gasteiger partial charge in [0.15, 0.2) is 0 Å². The highest BCUT2D eigenvalue weighted by Gasteiger charge is 2.18. The van der Waals surface area contributed by atoms with Crippen LogP contribution in [-0.4, -0.2) is 0 Å². The highest BCUT2D eigenvalue weighted by Crippen LogP contribution is 2.44. The first-order valence-corrected chi connectivity index (χ1v) is 22.1. The van der Waals surface area contributed by atoms with Crippen molar-refractivity contribution in [2.45, 2.75) is 0 Å². The summed E-state index contributed by atoms with van der Waals surface area (Å²) >= 11 is 0. The summed E-state index contributed by atoms with van der Waals surface area (Å²) in [7, 11) is 0. The van der Waals surface area contributed by atoms with Gasteiger partial charge in [-0.1, -0.05) is 170 Å². The molecule has 0 spiro atoms. The molecule has 13 rings (SSSR count). The van der Waals surface area contributed by atoms with Gasteiger partial charge in [0.25, 0.3) is 0 Å². The molecule has 0 fully saturated rings. The molecule has 0 aromatic heterocycles. The maximum absolute atomic E-state index is 2.37. The normalized spacial score (nSPS) is 11.8. The van der Waals surface area contributed by atoms with Crippen molar-refractivity contribution in [1.29, 1.82) is 0 Å². The minimum atomic E-state index is 1.12. The van der Waals surface area contributed by atoms with Crippen LogP contribution < -0.4 is 9.80 Å². The molecule has 0 radical (unpaired) electrons. The van der Waals surface area contributed by atoms with E-state index in [0.29, 0.717) is 0 Å². The molecule has 0 aliphatic heterocycles. The highest BCUT2D eigenvalue weighted by atomic mass is 15.1. The fourth-order valence-corrected chi connectivity index (χ4v) is 10.2. The van der Waals surface area contributed by atoms with Gasteiger partial charge in [-0.3, -0.25) is 0 Å². The van der Waals surface area contributed by atoms with Crippen LogP contribution in [0.3, 0.4) is 0 Å². The van der Waals surface area contributed by atoms with Crippen molar-refractivity contribution < 1.29 is 0 Å². The first kappa shape index (κ1) is 36.2. The van der Waals surface area contributed by atoms with Crippen LogP contribution in [0.4, 0.5) is 34.1 Å². The Morgan fingerprint density at radius 2 is 0.422 bits per heavy atom. The largest absolute Gasteiger partial charge is 0.310 e. The monoisotopic (exact) mass is 812 g/mol. The van der Waals surface area contributed by atoms with Crippen LogP contribution in [0.5, 0.6) is 0 Å². The first-order valence-electron chi connectivity index (χ1n) is 22.1. The Labute approximate surface area is 371 Å². The van der Waals surface area contributed by atoms with Gasteiger partial charge >= 0.3 is 0 Å². The average Bonchev–Trinajstić information content (AvgIpc) is 3.36. The predicted molar refractivity (Wildman–Crippen MR) is 274 cm³/mol. The summed E-state index contributed by atoms with van der Waals surface area (Å²) in [4.78, 5) is 4.74. The molecule has 64 heavy (non-hydrogen) atoms. The quantitative estimate of drug-likeness (QED) is 0.141. The number of para-hydroxylation sites is 2. The van der Waals surface area contributed by atoms with Crippen molar-refractivity contribution in [1.82, 2.24) is 0 Å². The second-order valence-corrected chi connectivity index (χ2v) is 17.0. The maximum Gasteiger partial charge on any atom is 0.0473 e. The SMILES string of the molecule is c1ccc(N(c2ccc(-c3ccc(-c4ccc(N(c5ccccc5)c5cc6ccc7cccc8ccc(c5)c6c78)cc4)cc3)cc2)c2cc3ccc4cccc5ccc(c2)c3c45)cc1. The lowest BCUT2D eigenvalue weighted by molar-refractivity contribution is 1.29. The summed E-state index contributed by atoms with van der Waals surface area (Å²) in [6.45, 7) is 0. The van der Waals surface area contributed by atoms with Crippen molar-refractivity contribution in [2.75, 3.05) is 9.80 Å². The van der Waals surface area contributed by atoms with Gasteiger partial charge in [-0.15, -0.1) is 0 Å². The van der Waals surface area contributed by atoms with Crippen LogP contribution in [-0.2, 0) is 0 Å². The summed E-state index contributed by atoms with van der Waals surface area (Å²) in [6, 6.07) is 88.9. The van der Waals surface area contributed by atoms with Crippen LogP contribution in [0.1, 0.15) is 0 Å². The van der Waals surface area contributed by atoms with Gasteiger partial charge < -0.3 is 9.80 Å². The Kier molecular flexibility index (Phi) is 8.25. The van der Waals surface area contributed by atoms with Gasteiger partial charge in [0.1, 0.15) is 0 Å². The lowest BCUT2D eigenvalue weighted by Crippen LogP contribution is -2.10. The van der Waals surface area contributed by atoms with Crippen molar-refractivity contribution in [3.8, 4) is 22.3 Å². The zero-order valence-electron chi connectivity index (χ0n) is 35.0. The van der Waals surface area contributed by atoms with E-state index in [1.165, 1.54) is 86.9 Å². The number of anilines is 6. The van der Waals surface area contributed by atoms with E-state index in [2.05, 4.69) is 252 Å². The molecule has 0 saturated carbocycles. The molecule has 13 aromatic carbocycles. The standard InChI is InChI=1S/C62H40N2/c1-3-13-53(14-4-1)63(57-37-49-25-21-45-9-7-10-46-22-26-50(38-57)61(49)59(45)46)55-33-29-43(30-34-55)41-17-19-42(20-18-41)44-31-35-56(36-32-44)64(54-15-5-2-6-16-54)58-39-51-27-23-47-11-8-12-48-24-28-52(40-58)62(51)60(47)48/h1-40H. The summed E-state index contributed by atoms with van der Waals surface area (Å²) in [5, 5.41) is 15.5. The van der Waals surface area contributed by atoms with Crippen molar-refractivity contribution in [3.05, 3.63) is 243 Å². The molecule has 0 N–H and O–H groups in total. The molecule has 0 amide bonds. The third-order valence-corrected chi connectivity index (χ3v) is 13.2. The van der Waals surface area contributed by atoms with Crippen LogP contribution in [0.25, 0.3) is 86.9 Å². The van der Waals surface area contributed by atoms with Crippen LogP contribution in [0.2, 0.25) is 0 Å². The molecule has 0 aliphatic rings. The molecule has 0 saturated heterocycles. The second-order valence-electron chi connectivity index (χ2n) is 17.0. The molecule has 13 aromatic rings. The van der Waals surface area contributed by atoms with E-state index in [1.54, 1.807) is 0 Å². The summed E-state index contributed by atoms with van der Waals surface area (Å²) in [5.41, 5.74) is 11.5. The Morgan fingerprint density at radius 1 is 0.172 bits per heavy atom. The predicted octanol–water partition coefficient (Wildman–Crippen LogP) is 17.8. The minimum absolute atomic E-state index is 1.12. The Bertz CT molecular complexity index is 3420. The molecule has 0 unspecified atom stereocenters. The van der Waals surface area contributed by atoms with E-state index in [0.717, 1.165) is 34.1 Å². The molecule has 298 valence electrons. The summed E-state index contributed by atoms with van der Waals surface area (Å²) in [6.07, 6.45) is 0. The Morgan fingerprint density at radius 3 is 0.734 bits per heavy atom. The van der Waals surface area contributed by atoms with E-state index in [-0.39, 0.29) is 0 Å². The van der Waals surface area contributed by atoms with Crippen LogP contribution in [0, 0.1) is 0 Å². The highest BCUT2D eigenvalue weighted by molar-refractivity contribution is 6.25. The van der Waals surface area contributed by atoms with Gasteiger partial charge in [-0.25, -0.2) is 0 Å². The summed E-state index contributed by atoms with van der Waals surface area (Å²) < 4.78 is 0. The number of hydrogen-bond donors (Lipinski definition) is 0. The zero-order chi connectivity index (χ0) is 42.1. The average molecular weight is 813 g/mol. The van der Waals surface area contributed by atoms with E-state index >= 15 is 0 Å². The topological polar surface area (TPSA) is 6.48 Å². The van der Waals surface area contributed by atoms with E-state index in [1.807, 2.05) is 0 Å². The molecule has 0 aliphatic carbocycles. The number of benzene rings is 13. The second kappa shape index (κ2) is 14.6. The molecule has 2 heteroatoms. The number of rotatable bonds is 8. The fraction of sp³-hybridized carbons (Fsp3) is 0. The summed E-state index contributed by atoms with van der Waals surface area (Å²) in [5.74, 6) is 0. The lowest BCUT2D eigenvalue weighted by Gasteiger charge is -2.27. The van der Waals surface area contributed by atoms with Gasteiger partial charge in [-0.05, 0) is 160 Å². The third-order valence-electron chi connectivity index (χ3n) is 13.2. The maximum atomic E-state index is 2.37. The molecule has 0 heterocycles. The fourth-order valence-electron chi connectivity index (χ4n) is 10.2. The van der Waals surface area contributed by atoms with Crippen molar-refractivity contribution in [2.24, 2.45) is 0 Å². The molecule has 0 atom stereocenters. The van der Waals surface area contributed by atoms with Crippen LogP contribution in [0.15, 0.2) is 243 Å². The minimum Gasteiger partial charge on any atom is -0.310 e. The van der Waals surface area contributed by atoms with Gasteiger partial charge in [-0.2, -0.15) is 0 Å². The third kappa shape index (κ3) is 5.95. The Balaban J connectivity index is 0.805. The molecule has 0 bridgehead atoms. The van der Waals surface area contributed by atoms with E-state index in [4.69, 9.17) is 0 Å². The van der Waals surface area contributed by atoms with E-state index in [9.17, 15) is 0 Å². The first-order chi connectivity index (χ1) is 31.7. The van der Waals surface area contributed by atoms with Gasteiger partial charge in [0, 0.05) is 34.1 Å². The Hall–Kier alpha value is -8.46. The molecular formula is C62H40N2. The molecule has 2 nitrogen and oxygen atoms in total. The molecular weight excluding hydrogens is 773 g/mol. The number of nitrogens with zero attached hydrogens (tertiary/aromatic N) is 2. The zero-order valence-corrected chi connectivity index (χ0v) is 35.0. The number of hydrogen-bond acceptors (Lipinski definition) is 2. The lowest BCUT2D eigenvalue weighted by atomic mass is 9.93. The smallest absolute Gasteiger partial charge is 0.0473 e. The van der Waals surface area contributed by atoms with Gasteiger partial charge in [0.2, 0.25) is 0 Å². The van der Waals surface area contributed by atoms with Gasteiger partial charge in [0.05, 0.1) is 0 Å². The van der Waals surface area contributed by atoms with Crippen LogP contribution >= 0.6 is 0 Å².